The zero-order valence-corrected chi connectivity index (χ0v) is 12.8. The molecule has 3 aliphatic rings. The zero-order valence-electron chi connectivity index (χ0n) is 12.0. The molecule has 0 fully saturated rings. The normalized spacial score (nSPS) is 22.6. The lowest BCUT2D eigenvalue weighted by Gasteiger charge is -2.16. The van der Waals surface area contributed by atoms with E-state index in [1.54, 1.807) is 17.8 Å². The third-order valence-electron chi connectivity index (χ3n) is 4.48. The lowest BCUT2D eigenvalue weighted by molar-refractivity contribution is -0.130. The molecule has 4 rings (SSSR count). The van der Waals surface area contributed by atoms with Crippen LogP contribution in [0, 0.1) is 0 Å². The first kappa shape index (κ1) is 13.9. The highest BCUT2D eigenvalue weighted by Gasteiger charge is 2.30. The van der Waals surface area contributed by atoms with Gasteiger partial charge in [0.1, 0.15) is 0 Å². The summed E-state index contributed by atoms with van der Waals surface area (Å²) in [5, 5.41) is 20.0. The van der Waals surface area contributed by atoms with E-state index in [0.717, 1.165) is 57.7 Å². The molecule has 0 saturated heterocycles. The monoisotopic (exact) mass is 312 g/mol. The Morgan fingerprint density at radius 1 is 1.23 bits per heavy atom. The van der Waals surface area contributed by atoms with Crippen molar-refractivity contribution in [2.24, 2.45) is 0 Å². The smallest absolute Gasteiger partial charge is 0.336 e. The molecule has 1 aliphatic heterocycles. The van der Waals surface area contributed by atoms with Gasteiger partial charge in [-0.05, 0) is 48.5 Å². The summed E-state index contributed by atoms with van der Waals surface area (Å²) in [5.41, 5.74) is 4.12. The van der Waals surface area contributed by atoms with Crippen molar-refractivity contribution in [1.29, 1.82) is 0 Å². The molecule has 0 amide bonds. The number of benzene rings is 1. The van der Waals surface area contributed by atoms with Crippen molar-refractivity contribution in [1.82, 2.24) is 0 Å². The summed E-state index contributed by atoms with van der Waals surface area (Å²) >= 11 is 1.61. The van der Waals surface area contributed by atoms with Crippen LogP contribution in [0.15, 0.2) is 45.7 Å². The lowest BCUT2D eigenvalue weighted by atomic mass is 9.97. The second kappa shape index (κ2) is 5.14. The minimum Gasteiger partial charge on any atom is -0.478 e. The number of aliphatic carboxylic acids is 1. The van der Waals surface area contributed by atoms with E-state index in [-0.39, 0.29) is 0 Å². The maximum atomic E-state index is 11.7. The molecule has 1 aromatic rings. The number of carboxylic acid groups (broad SMARTS) is 1. The van der Waals surface area contributed by atoms with Crippen LogP contribution in [0.5, 0.6) is 0 Å². The predicted molar refractivity (Wildman–Crippen MR) is 86.6 cm³/mol. The van der Waals surface area contributed by atoms with E-state index in [4.69, 9.17) is 0 Å². The molecule has 3 nitrogen and oxygen atoms in total. The molecule has 22 heavy (non-hydrogen) atoms. The van der Waals surface area contributed by atoms with E-state index >= 15 is 0 Å². The molecule has 1 heterocycles. The highest BCUT2D eigenvalue weighted by molar-refractivity contribution is 8.03. The van der Waals surface area contributed by atoms with Crippen molar-refractivity contribution in [2.45, 2.75) is 36.7 Å². The zero-order chi connectivity index (χ0) is 15.3. The maximum absolute atomic E-state index is 11.7. The number of carboxylic acids is 1. The topological polar surface area (TPSA) is 57.5 Å². The van der Waals surface area contributed by atoms with E-state index in [1.165, 1.54) is 0 Å². The molecular formula is C18H16O3S. The Hall–Kier alpha value is -1.78. The minimum absolute atomic E-state index is 0.320. The summed E-state index contributed by atoms with van der Waals surface area (Å²) in [7, 11) is 0. The molecule has 1 aromatic carbocycles. The molecule has 0 radical (unpaired) electrons. The molecule has 0 aromatic heterocycles. The lowest BCUT2D eigenvalue weighted by Crippen LogP contribution is -2.03. The van der Waals surface area contributed by atoms with Crippen molar-refractivity contribution in [3.63, 3.8) is 0 Å². The number of fused-ring (bicyclic) bond motifs is 4. The second-order valence-electron chi connectivity index (χ2n) is 5.84. The van der Waals surface area contributed by atoms with Gasteiger partial charge >= 0.3 is 5.97 Å². The number of hydrogen-bond acceptors (Lipinski definition) is 3. The molecule has 4 heteroatoms. The van der Waals surface area contributed by atoms with Gasteiger partial charge in [-0.15, -0.1) is 0 Å². The van der Waals surface area contributed by atoms with Crippen molar-refractivity contribution in [3.05, 3.63) is 57.5 Å². The third-order valence-corrected chi connectivity index (χ3v) is 5.75. The standard InChI is InChI=1S/C18H16O3S/c19-14-8-6-10-5-7-12-13(18(20)21)9-11-3-1-2-4-15(11)22-17(12)16(10)14/h3-5,7,9,14,19H,1-2,6,8H2,(H,20,21). The molecule has 0 bridgehead atoms. The third kappa shape index (κ3) is 2.06. The van der Waals surface area contributed by atoms with Crippen LogP contribution in [-0.2, 0) is 11.2 Å². The number of hydrogen-bond donors (Lipinski definition) is 2. The first-order valence-electron chi connectivity index (χ1n) is 7.53. The van der Waals surface area contributed by atoms with Crippen LogP contribution in [-0.4, -0.2) is 16.2 Å². The van der Waals surface area contributed by atoms with Gasteiger partial charge in [-0.2, -0.15) is 0 Å². The van der Waals surface area contributed by atoms with Gasteiger partial charge in [0.15, 0.2) is 0 Å². The first-order valence-corrected chi connectivity index (χ1v) is 8.34. The fraction of sp³-hybridized carbons (Fsp3) is 0.278. The van der Waals surface area contributed by atoms with E-state index in [9.17, 15) is 15.0 Å². The molecular weight excluding hydrogens is 296 g/mol. The van der Waals surface area contributed by atoms with E-state index in [1.807, 2.05) is 12.1 Å². The average Bonchev–Trinajstić information content (AvgIpc) is 2.79. The number of rotatable bonds is 1. The van der Waals surface area contributed by atoms with Gasteiger partial charge in [0.05, 0.1) is 11.7 Å². The van der Waals surface area contributed by atoms with E-state index < -0.39 is 12.1 Å². The van der Waals surface area contributed by atoms with Gasteiger partial charge in [-0.1, -0.05) is 36.0 Å². The van der Waals surface area contributed by atoms with Crippen LogP contribution in [0.4, 0.5) is 0 Å². The number of carbonyl (C=O) groups is 1. The van der Waals surface area contributed by atoms with Gasteiger partial charge < -0.3 is 10.2 Å². The Kier molecular flexibility index (Phi) is 3.24. The summed E-state index contributed by atoms with van der Waals surface area (Å²) in [6.07, 6.45) is 9.08. The molecule has 112 valence electrons. The van der Waals surface area contributed by atoms with Crippen molar-refractivity contribution in [3.8, 4) is 0 Å². The van der Waals surface area contributed by atoms with Crippen LogP contribution in [0.3, 0.4) is 0 Å². The van der Waals surface area contributed by atoms with Gasteiger partial charge in [0, 0.05) is 15.4 Å². The van der Waals surface area contributed by atoms with Crippen molar-refractivity contribution >= 4 is 23.3 Å². The summed E-state index contributed by atoms with van der Waals surface area (Å²) in [6.45, 7) is 0. The number of allylic oxidation sites excluding steroid dienone is 4. The van der Waals surface area contributed by atoms with Crippen LogP contribution in [0.2, 0.25) is 0 Å². The Labute approximate surface area is 133 Å². The second-order valence-corrected chi connectivity index (χ2v) is 6.89. The average molecular weight is 312 g/mol. The Morgan fingerprint density at radius 3 is 2.86 bits per heavy atom. The largest absolute Gasteiger partial charge is 0.478 e. The van der Waals surface area contributed by atoms with Crippen molar-refractivity contribution in [2.75, 3.05) is 0 Å². The van der Waals surface area contributed by atoms with E-state index in [2.05, 4.69) is 12.2 Å². The Bertz CT molecular complexity index is 771. The number of aryl methyl sites for hydroxylation is 1. The maximum Gasteiger partial charge on any atom is 0.336 e. The van der Waals surface area contributed by atoms with Gasteiger partial charge in [-0.25, -0.2) is 4.79 Å². The SMILES string of the molecule is O=C(O)C1=CC2=CCCC=C2Sc2c1ccc1c2C(O)CC1. The molecule has 2 N–H and O–H groups in total. The molecule has 1 atom stereocenters. The number of aliphatic hydroxyl groups excluding tert-OH is 1. The highest BCUT2D eigenvalue weighted by atomic mass is 32.2. The first-order chi connectivity index (χ1) is 10.6. The highest BCUT2D eigenvalue weighted by Crippen LogP contribution is 2.49. The Morgan fingerprint density at radius 2 is 2.05 bits per heavy atom. The molecule has 0 spiro atoms. The number of thioether (sulfide) groups is 1. The quantitative estimate of drug-likeness (QED) is 0.827. The summed E-state index contributed by atoms with van der Waals surface area (Å²) in [4.78, 5) is 13.8. The van der Waals surface area contributed by atoms with Gasteiger partial charge in [0.2, 0.25) is 0 Å². The van der Waals surface area contributed by atoms with Gasteiger partial charge in [0.25, 0.3) is 0 Å². The summed E-state index contributed by atoms with van der Waals surface area (Å²) in [5.74, 6) is -0.915. The predicted octanol–water partition coefficient (Wildman–Crippen LogP) is 3.84. The van der Waals surface area contributed by atoms with Crippen LogP contribution < -0.4 is 0 Å². The fourth-order valence-corrected chi connectivity index (χ4v) is 4.75. The van der Waals surface area contributed by atoms with Crippen LogP contribution in [0.25, 0.3) is 5.57 Å². The number of aliphatic hydroxyl groups is 1. The van der Waals surface area contributed by atoms with E-state index in [0.29, 0.717) is 5.57 Å². The van der Waals surface area contributed by atoms with Crippen LogP contribution in [0.1, 0.15) is 42.1 Å². The fourth-order valence-electron chi connectivity index (χ4n) is 3.40. The molecule has 0 saturated carbocycles. The molecule has 1 unspecified atom stereocenters. The van der Waals surface area contributed by atoms with Crippen molar-refractivity contribution < 1.29 is 15.0 Å². The Balaban J connectivity index is 1.98. The minimum atomic E-state index is -0.915. The van der Waals surface area contributed by atoms with Crippen LogP contribution >= 0.6 is 11.8 Å². The molecule has 2 aliphatic carbocycles. The summed E-state index contributed by atoms with van der Waals surface area (Å²) < 4.78 is 0. The van der Waals surface area contributed by atoms with Gasteiger partial charge in [-0.3, -0.25) is 0 Å². The summed E-state index contributed by atoms with van der Waals surface area (Å²) in [6, 6.07) is 3.87.